The van der Waals surface area contributed by atoms with Crippen LogP contribution in [0.4, 0.5) is 0 Å². The maximum Gasteiger partial charge on any atom is 0.360 e. The molecule has 180 valence electrons. The van der Waals surface area contributed by atoms with Crippen LogP contribution >= 0.6 is 0 Å². The summed E-state index contributed by atoms with van der Waals surface area (Å²) in [4.78, 5) is 29.6. The maximum atomic E-state index is 12.6. The van der Waals surface area contributed by atoms with Gasteiger partial charge in [0, 0.05) is 22.6 Å². The van der Waals surface area contributed by atoms with Gasteiger partial charge in [0.05, 0.1) is 7.11 Å². The second-order valence-electron chi connectivity index (χ2n) is 8.02. The van der Waals surface area contributed by atoms with Crippen LogP contribution in [0.2, 0.25) is 0 Å². The van der Waals surface area contributed by atoms with Crippen LogP contribution in [0.5, 0.6) is 5.75 Å². The average molecular weight is 466 g/mol. The largest absolute Gasteiger partial charge is 0.489 e. The van der Waals surface area contributed by atoms with Crippen LogP contribution in [-0.4, -0.2) is 25.9 Å². The molecule has 0 saturated heterocycles. The van der Waals surface area contributed by atoms with E-state index >= 15 is 0 Å². The third kappa shape index (κ3) is 5.84. The fourth-order valence-corrected chi connectivity index (χ4v) is 3.90. The molecule has 3 aromatic rings. The van der Waals surface area contributed by atoms with Crippen LogP contribution in [0.1, 0.15) is 54.9 Å². The summed E-state index contributed by atoms with van der Waals surface area (Å²) in [6.07, 6.45) is 5.13. The summed E-state index contributed by atoms with van der Waals surface area (Å²) in [7, 11) is 2.65. The molecule has 0 bridgehead atoms. The number of carbonyl (C=O) groups excluding carboxylic acids is 1. The molecule has 0 unspecified atom stereocenters. The van der Waals surface area contributed by atoms with Crippen LogP contribution < -0.4 is 10.4 Å². The van der Waals surface area contributed by atoms with E-state index in [4.69, 9.17) is 18.7 Å². The Bertz CT molecular complexity index is 1230. The van der Waals surface area contributed by atoms with Gasteiger partial charge in [0.1, 0.15) is 25.0 Å². The van der Waals surface area contributed by atoms with E-state index in [1.165, 1.54) is 20.6 Å². The lowest BCUT2D eigenvalue weighted by atomic mass is 10.0. The van der Waals surface area contributed by atoms with Crippen molar-refractivity contribution in [3.8, 4) is 5.75 Å². The van der Waals surface area contributed by atoms with Gasteiger partial charge < -0.3 is 18.7 Å². The molecule has 1 aromatic heterocycles. The van der Waals surface area contributed by atoms with E-state index in [-0.39, 0.29) is 17.9 Å². The first kappa shape index (κ1) is 25.0. The summed E-state index contributed by atoms with van der Waals surface area (Å²) in [6, 6.07) is 12.7. The highest BCUT2D eigenvalue weighted by atomic mass is 16.6. The zero-order chi connectivity index (χ0) is 24.5. The minimum Gasteiger partial charge on any atom is -0.489 e. The van der Waals surface area contributed by atoms with Crippen LogP contribution in [0.3, 0.4) is 0 Å². The molecule has 0 aliphatic heterocycles. The summed E-state index contributed by atoms with van der Waals surface area (Å²) in [6.45, 7) is 4.30. The Balaban J connectivity index is 1.83. The molecule has 0 fully saturated rings. The van der Waals surface area contributed by atoms with Crippen LogP contribution in [0.15, 0.2) is 56.8 Å². The molecule has 0 spiro atoms. The third-order valence-corrected chi connectivity index (χ3v) is 5.77. The topological polar surface area (TPSA) is 87.3 Å². The molecule has 2 aromatic carbocycles. The van der Waals surface area contributed by atoms with Crippen LogP contribution in [0, 0.1) is 6.92 Å². The number of benzene rings is 2. The average Bonchev–Trinajstić information content (AvgIpc) is 2.85. The monoisotopic (exact) mass is 465 g/mol. The molecule has 0 aliphatic carbocycles. The molecular weight excluding hydrogens is 434 g/mol. The Hall–Kier alpha value is -3.61. The number of carbonyl (C=O) groups is 1. The summed E-state index contributed by atoms with van der Waals surface area (Å²) >= 11 is 0. The first-order valence-corrected chi connectivity index (χ1v) is 11.5. The molecular formula is C27H31NO6. The number of oxime groups is 1. The van der Waals surface area contributed by atoms with Gasteiger partial charge in [-0.3, -0.25) is 0 Å². The van der Waals surface area contributed by atoms with Gasteiger partial charge in [0.15, 0.2) is 5.71 Å². The Morgan fingerprint density at radius 2 is 1.85 bits per heavy atom. The lowest BCUT2D eigenvalue weighted by Crippen LogP contribution is -2.19. The molecule has 1 heterocycles. The number of methoxy groups -OCH3 is 1. The second kappa shape index (κ2) is 12.0. The van der Waals surface area contributed by atoms with Gasteiger partial charge in [-0.25, -0.2) is 9.59 Å². The number of rotatable bonds is 11. The molecule has 7 heteroatoms. The number of unbranched alkanes of at least 4 members (excludes halogenated alkanes) is 3. The number of fused-ring (bicyclic) bond motifs is 1. The van der Waals surface area contributed by atoms with E-state index in [0.29, 0.717) is 16.9 Å². The van der Waals surface area contributed by atoms with Crippen molar-refractivity contribution in [2.24, 2.45) is 5.16 Å². The van der Waals surface area contributed by atoms with E-state index in [2.05, 4.69) is 12.1 Å². The summed E-state index contributed by atoms with van der Waals surface area (Å²) in [5, 5.41) is 4.72. The predicted molar refractivity (Wildman–Crippen MR) is 131 cm³/mol. The zero-order valence-electron chi connectivity index (χ0n) is 20.2. The lowest BCUT2D eigenvalue weighted by molar-refractivity contribution is -0.132. The number of esters is 1. The van der Waals surface area contributed by atoms with Crippen LogP contribution in [-0.2, 0) is 27.4 Å². The number of hydrogen-bond donors (Lipinski definition) is 0. The molecule has 3 rings (SSSR count). The summed E-state index contributed by atoms with van der Waals surface area (Å²) < 4.78 is 16.4. The number of ether oxygens (including phenoxy) is 2. The van der Waals surface area contributed by atoms with Crippen molar-refractivity contribution in [2.45, 2.75) is 52.6 Å². The van der Waals surface area contributed by atoms with Crippen molar-refractivity contribution in [3.63, 3.8) is 0 Å². The van der Waals surface area contributed by atoms with E-state index in [9.17, 15) is 9.59 Å². The molecule has 0 N–H and O–H groups in total. The van der Waals surface area contributed by atoms with E-state index in [1.54, 1.807) is 18.2 Å². The number of aryl methyl sites for hydroxylation is 1. The Morgan fingerprint density at radius 1 is 1.06 bits per heavy atom. The molecule has 7 nitrogen and oxygen atoms in total. The van der Waals surface area contributed by atoms with Crippen molar-refractivity contribution in [2.75, 3.05) is 14.2 Å². The number of hydrogen-bond acceptors (Lipinski definition) is 7. The minimum atomic E-state index is -0.609. The van der Waals surface area contributed by atoms with Gasteiger partial charge in [-0.05, 0) is 43.0 Å². The van der Waals surface area contributed by atoms with Crippen LogP contribution in [0.25, 0.3) is 11.0 Å². The van der Waals surface area contributed by atoms with E-state index in [1.807, 2.05) is 31.2 Å². The van der Waals surface area contributed by atoms with Gasteiger partial charge in [-0.1, -0.05) is 55.6 Å². The second-order valence-corrected chi connectivity index (χ2v) is 8.02. The molecule has 0 aliphatic rings. The number of nitrogens with zero attached hydrogens (tertiary/aromatic N) is 1. The van der Waals surface area contributed by atoms with Crippen molar-refractivity contribution < 1.29 is 23.5 Å². The first-order valence-electron chi connectivity index (χ1n) is 11.5. The standard InChI is InChI=1S/C27H31NO6/c1-5-6-7-8-12-22-18(2)21-15-14-20(16-24(21)34-26(22)29)33-17-19-11-9-10-13-23(19)25(28-32-4)27(30)31-3/h9-11,13-16H,5-8,12,17H2,1-4H3. The SMILES string of the molecule is CCCCCCc1c(C)c2ccc(OCc3ccccc3C(=NOC)C(=O)OC)cc2oc1=O. The summed E-state index contributed by atoms with van der Waals surface area (Å²) in [5.74, 6) is -0.0633. The fraction of sp³-hybridized carbons (Fsp3) is 0.370. The smallest absolute Gasteiger partial charge is 0.360 e. The Labute approximate surface area is 199 Å². The maximum absolute atomic E-state index is 12.6. The normalized spacial score (nSPS) is 11.5. The van der Waals surface area contributed by atoms with Gasteiger partial charge in [0.25, 0.3) is 0 Å². The van der Waals surface area contributed by atoms with Gasteiger partial charge in [-0.2, -0.15) is 0 Å². The van der Waals surface area contributed by atoms with Gasteiger partial charge in [-0.15, -0.1) is 0 Å². The fourth-order valence-electron chi connectivity index (χ4n) is 3.90. The minimum absolute atomic E-state index is 0.0517. The van der Waals surface area contributed by atoms with Crippen molar-refractivity contribution in [3.05, 3.63) is 75.1 Å². The van der Waals surface area contributed by atoms with E-state index in [0.717, 1.165) is 47.8 Å². The van der Waals surface area contributed by atoms with Gasteiger partial charge >= 0.3 is 11.6 Å². The molecule has 0 saturated carbocycles. The Morgan fingerprint density at radius 3 is 2.59 bits per heavy atom. The predicted octanol–water partition coefficient (Wildman–Crippen LogP) is 5.33. The quantitative estimate of drug-likeness (QED) is 0.125. The highest BCUT2D eigenvalue weighted by molar-refractivity contribution is 6.43. The molecule has 0 amide bonds. The molecule has 0 radical (unpaired) electrons. The highest BCUT2D eigenvalue weighted by Gasteiger charge is 2.19. The lowest BCUT2D eigenvalue weighted by Gasteiger charge is -2.13. The molecule has 0 atom stereocenters. The molecule has 34 heavy (non-hydrogen) atoms. The Kier molecular flexibility index (Phi) is 8.85. The van der Waals surface area contributed by atoms with Gasteiger partial charge in [0.2, 0.25) is 0 Å². The zero-order valence-corrected chi connectivity index (χ0v) is 20.2. The first-order chi connectivity index (χ1) is 16.5. The van der Waals surface area contributed by atoms with E-state index < -0.39 is 5.97 Å². The highest BCUT2D eigenvalue weighted by Crippen LogP contribution is 2.26. The van der Waals surface area contributed by atoms with Crippen molar-refractivity contribution in [1.82, 2.24) is 0 Å². The van der Waals surface area contributed by atoms with Crippen molar-refractivity contribution >= 4 is 22.7 Å². The third-order valence-electron chi connectivity index (χ3n) is 5.77. The van der Waals surface area contributed by atoms with Crippen molar-refractivity contribution in [1.29, 1.82) is 0 Å². The summed E-state index contributed by atoms with van der Waals surface area (Å²) in [5.41, 5.74) is 3.23.